The van der Waals surface area contributed by atoms with Gasteiger partial charge in [0.2, 0.25) is 0 Å². The Labute approximate surface area is 127 Å². The fraction of sp³-hybridized carbons (Fsp3) is 0.0526. The zero-order valence-corrected chi connectivity index (χ0v) is 12.1. The molecule has 4 rings (SSSR count). The minimum absolute atomic E-state index is 0.791. The summed E-state index contributed by atoms with van der Waals surface area (Å²) in [6.07, 6.45) is 3.36. The average Bonchev–Trinajstić information content (AvgIpc) is 3.26. The Hall–Kier alpha value is -2.94. The van der Waals surface area contributed by atoms with Crippen LogP contribution in [-0.4, -0.2) is 7.11 Å². The molecule has 0 saturated heterocycles. The Morgan fingerprint density at radius 2 is 1.50 bits per heavy atom. The summed E-state index contributed by atoms with van der Waals surface area (Å²) in [5.41, 5.74) is 2.01. The molecule has 0 aliphatic carbocycles. The van der Waals surface area contributed by atoms with Gasteiger partial charge < -0.3 is 13.6 Å². The highest BCUT2D eigenvalue weighted by molar-refractivity contribution is 6.05. The van der Waals surface area contributed by atoms with Gasteiger partial charge in [0.15, 0.2) is 0 Å². The molecule has 0 radical (unpaired) electrons. The van der Waals surface area contributed by atoms with E-state index in [0.29, 0.717) is 0 Å². The fourth-order valence-corrected chi connectivity index (χ4v) is 2.83. The first-order valence-electron chi connectivity index (χ1n) is 7.06. The monoisotopic (exact) mass is 290 g/mol. The zero-order chi connectivity index (χ0) is 14.9. The van der Waals surface area contributed by atoms with Crippen LogP contribution in [0.1, 0.15) is 0 Å². The molecule has 0 atom stereocenters. The number of hydrogen-bond donors (Lipinski definition) is 0. The Balaban J connectivity index is 2.07. The molecule has 0 amide bonds. The van der Waals surface area contributed by atoms with Crippen molar-refractivity contribution >= 4 is 10.8 Å². The van der Waals surface area contributed by atoms with Gasteiger partial charge >= 0.3 is 0 Å². The van der Waals surface area contributed by atoms with Crippen LogP contribution in [0.4, 0.5) is 0 Å². The summed E-state index contributed by atoms with van der Waals surface area (Å²) in [5.74, 6) is 2.43. The van der Waals surface area contributed by atoms with E-state index in [1.165, 1.54) is 0 Å². The largest absolute Gasteiger partial charge is 0.496 e. The predicted octanol–water partition coefficient (Wildman–Crippen LogP) is 5.37. The molecule has 0 unspecified atom stereocenters. The van der Waals surface area contributed by atoms with E-state index in [1.54, 1.807) is 19.6 Å². The van der Waals surface area contributed by atoms with E-state index in [1.807, 2.05) is 36.4 Å². The van der Waals surface area contributed by atoms with Crippen LogP contribution >= 0.6 is 0 Å². The molecule has 0 aliphatic heterocycles. The third-order valence-corrected chi connectivity index (χ3v) is 3.80. The van der Waals surface area contributed by atoms with Gasteiger partial charge in [0.1, 0.15) is 17.3 Å². The van der Waals surface area contributed by atoms with Crippen molar-refractivity contribution in [1.29, 1.82) is 0 Å². The molecule has 2 aromatic heterocycles. The summed E-state index contributed by atoms with van der Waals surface area (Å²) < 4.78 is 16.7. The lowest BCUT2D eigenvalue weighted by molar-refractivity contribution is 0.415. The Bertz CT molecular complexity index is 903. The van der Waals surface area contributed by atoms with Crippen molar-refractivity contribution in [3.8, 4) is 28.4 Å². The molecule has 0 spiro atoms. The molecule has 22 heavy (non-hydrogen) atoms. The smallest absolute Gasteiger partial charge is 0.138 e. The number of benzene rings is 2. The van der Waals surface area contributed by atoms with E-state index in [0.717, 1.165) is 39.2 Å². The van der Waals surface area contributed by atoms with Crippen molar-refractivity contribution in [2.24, 2.45) is 0 Å². The summed E-state index contributed by atoms with van der Waals surface area (Å²) in [5, 5.41) is 2.17. The predicted molar refractivity (Wildman–Crippen MR) is 85.9 cm³/mol. The SMILES string of the molecule is COc1ccc2c(-c3ccco3)cccc2c1-c1ccco1. The second-order valence-corrected chi connectivity index (χ2v) is 5.00. The van der Waals surface area contributed by atoms with Crippen LogP contribution in [0.5, 0.6) is 5.75 Å². The van der Waals surface area contributed by atoms with Gasteiger partial charge in [-0.1, -0.05) is 18.2 Å². The van der Waals surface area contributed by atoms with E-state index in [9.17, 15) is 0 Å². The van der Waals surface area contributed by atoms with Crippen molar-refractivity contribution in [1.82, 2.24) is 0 Å². The van der Waals surface area contributed by atoms with Crippen LogP contribution in [0, 0.1) is 0 Å². The molecule has 4 aromatic rings. The maximum absolute atomic E-state index is 5.60. The highest BCUT2D eigenvalue weighted by atomic mass is 16.5. The number of ether oxygens (including phenoxy) is 1. The summed E-state index contributed by atoms with van der Waals surface area (Å²) in [4.78, 5) is 0. The van der Waals surface area contributed by atoms with Gasteiger partial charge in [-0.15, -0.1) is 0 Å². The van der Waals surface area contributed by atoms with Gasteiger partial charge in [0.25, 0.3) is 0 Å². The first-order valence-corrected chi connectivity index (χ1v) is 7.06. The number of fused-ring (bicyclic) bond motifs is 1. The normalized spacial score (nSPS) is 11.0. The number of rotatable bonds is 3. The molecule has 0 aliphatic rings. The highest BCUT2D eigenvalue weighted by Crippen LogP contribution is 2.40. The standard InChI is InChI=1S/C19H14O3/c1-20-17-10-9-13-14(16-7-3-11-21-16)5-2-6-15(13)19(17)18-8-4-12-22-18/h2-12H,1H3. The highest BCUT2D eigenvalue weighted by Gasteiger charge is 2.15. The minimum Gasteiger partial charge on any atom is -0.496 e. The minimum atomic E-state index is 0.791. The van der Waals surface area contributed by atoms with E-state index >= 15 is 0 Å². The van der Waals surface area contributed by atoms with Crippen LogP contribution in [-0.2, 0) is 0 Å². The summed E-state index contributed by atoms with van der Waals surface area (Å²) in [7, 11) is 1.67. The van der Waals surface area contributed by atoms with Crippen LogP contribution in [0.3, 0.4) is 0 Å². The Morgan fingerprint density at radius 3 is 2.18 bits per heavy atom. The summed E-state index contributed by atoms with van der Waals surface area (Å²) >= 11 is 0. The molecule has 0 bridgehead atoms. The van der Waals surface area contributed by atoms with E-state index in [2.05, 4.69) is 18.2 Å². The summed E-state index contributed by atoms with van der Waals surface area (Å²) in [6.45, 7) is 0. The maximum Gasteiger partial charge on any atom is 0.138 e. The molecule has 3 heteroatoms. The van der Waals surface area contributed by atoms with Gasteiger partial charge in [0, 0.05) is 5.56 Å². The maximum atomic E-state index is 5.60. The number of furan rings is 2. The van der Waals surface area contributed by atoms with Crippen molar-refractivity contribution in [3.05, 3.63) is 67.1 Å². The van der Waals surface area contributed by atoms with Crippen molar-refractivity contribution < 1.29 is 13.6 Å². The summed E-state index contributed by atoms with van der Waals surface area (Å²) in [6, 6.07) is 17.8. The van der Waals surface area contributed by atoms with Crippen LogP contribution in [0.2, 0.25) is 0 Å². The van der Waals surface area contributed by atoms with Gasteiger partial charge in [-0.2, -0.15) is 0 Å². The fourth-order valence-electron chi connectivity index (χ4n) is 2.83. The van der Waals surface area contributed by atoms with E-state index in [-0.39, 0.29) is 0 Å². The quantitative estimate of drug-likeness (QED) is 0.509. The molecule has 108 valence electrons. The lowest BCUT2D eigenvalue weighted by Gasteiger charge is -2.12. The molecular weight excluding hydrogens is 276 g/mol. The van der Waals surface area contributed by atoms with E-state index < -0.39 is 0 Å². The first kappa shape index (κ1) is 12.8. The van der Waals surface area contributed by atoms with Crippen molar-refractivity contribution in [2.45, 2.75) is 0 Å². The zero-order valence-electron chi connectivity index (χ0n) is 12.1. The third kappa shape index (κ3) is 1.91. The first-order chi connectivity index (χ1) is 10.9. The number of methoxy groups -OCH3 is 1. The second kappa shape index (κ2) is 5.11. The molecule has 0 fully saturated rings. The second-order valence-electron chi connectivity index (χ2n) is 5.00. The van der Waals surface area contributed by atoms with E-state index in [4.69, 9.17) is 13.6 Å². The Kier molecular flexibility index (Phi) is 2.97. The average molecular weight is 290 g/mol. The molecule has 3 nitrogen and oxygen atoms in total. The van der Waals surface area contributed by atoms with Crippen LogP contribution in [0.25, 0.3) is 33.4 Å². The van der Waals surface area contributed by atoms with Crippen LogP contribution < -0.4 is 4.74 Å². The van der Waals surface area contributed by atoms with Gasteiger partial charge in [0.05, 0.1) is 25.2 Å². The third-order valence-electron chi connectivity index (χ3n) is 3.80. The molecular formula is C19H14O3. The van der Waals surface area contributed by atoms with Crippen molar-refractivity contribution in [3.63, 3.8) is 0 Å². The lowest BCUT2D eigenvalue weighted by atomic mass is 9.97. The number of hydrogen-bond acceptors (Lipinski definition) is 3. The van der Waals surface area contributed by atoms with Gasteiger partial charge in [-0.3, -0.25) is 0 Å². The molecule has 2 heterocycles. The van der Waals surface area contributed by atoms with Crippen molar-refractivity contribution in [2.75, 3.05) is 7.11 Å². The van der Waals surface area contributed by atoms with Gasteiger partial charge in [-0.05, 0) is 47.2 Å². The molecule has 0 N–H and O–H groups in total. The Morgan fingerprint density at radius 1 is 0.727 bits per heavy atom. The topological polar surface area (TPSA) is 35.5 Å². The van der Waals surface area contributed by atoms with Gasteiger partial charge in [-0.25, -0.2) is 0 Å². The lowest BCUT2D eigenvalue weighted by Crippen LogP contribution is -1.90. The molecule has 0 saturated carbocycles. The van der Waals surface area contributed by atoms with Crippen LogP contribution in [0.15, 0.2) is 76.0 Å². The molecule has 2 aromatic carbocycles.